The van der Waals surface area contributed by atoms with Gasteiger partial charge in [-0.15, -0.1) is 6.07 Å². The minimum absolute atomic E-state index is 0. The van der Waals surface area contributed by atoms with E-state index in [1.54, 1.807) is 6.20 Å². The molecule has 0 aliphatic rings. The van der Waals surface area contributed by atoms with Gasteiger partial charge in [0.2, 0.25) is 0 Å². The number of nitrogens with one attached hydrogen (secondary N) is 1. The molecule has 10 heavy (non-hydrogen) atoms. The molecule has 0 aliphatic carbocycles. The van der Waals surface area contributed by atoms with Crippen molar-refractivity contribution in [3.05, 3.63) is 30.5 Å². The largest absolute Gasteiger partial charge is 0.303 e. The molecule has 1 aromatic carbocycles. The number of H-pyrrole nitrogens is 1. The predicted octanol–water partition coefficient (Wildman–Crippen LogP) is 1.36. The average Bonchev–Trinajstić information content (AvgIpc) is 2.33. The van der Waals surface area contributed by atoms with Crippen molar-refractivity contribution in [3.8, 4) is 0 Å². The second-order valence-corrected chi connectivity index (χ2v) is 1.88. The number of nitrogens with zero attached hydrogens (tertiary/aromatic N) is 1. The molecule has 0 spiro atoms. The maximum atomic E-state index is 3.86. The van der Waals surface area contributed by atoms with Gasteiger partial charge >= 0.3 is 0 Å². The molecule has 1 heterocycles. The van der Waals surface area contributed by atoms with Gasteiger partial charge in [0.15, 0.2) is 0 Å². The number of fused-ring (bicyclic) bond motifs is 1. The summed E-state index contributed by atoms with van der Waals surface area (Å²) in [4.78, 5) is 0. The van der Waals surface area contributed by atoms with Crippen LogP contribution in [0.5, 0.6) is 0 Å². The summed E-state index contributed by atoms with van der Waals surface area (Å²) in [5, 5.41) is 7.81. The van der Waals surface area contributed by atoms with Crippen molar-refractivity contribution in [2.75, 3.05) is 0 Å². The monoisotopic (exact) mass is 206 g/mol. The molecular weight excluding hydrogens is 201 g/mol. The number of hydrogen-bond donors (Lipinski definition) is 1. The van der Waals surface area contributed by atoms with Gasteiger partial charge in [-0.3, -0.25) is 0 Å². The summed E-state index contributed by atoms with van der Waals surface area (Å²) in [6.07, 6.45) is 1.78. The van der Waals surface area contributed by atoms with Crippen LogP contribution in [0.4, 0.5) is 0 Å². The summed E-state index contributed by atoms with van der Waals surface area (Å²) in [7, 11) is 0. The maximum absolute atomic E-state index is 3.86. The van der Waals surface area contributed by atoms with Crippen LogP contribution < -0.4 is 0 Å². The second-order valence-electron chi connectivity index (χ2n) is 1.88. The third kappa shape index (κ3) is 1.28. The number of benzene rings is 1. The fraction of sp³-hybridized carbons (Fsp3) is 0. The van der Waals surface area contributed by atoms with Crippen LogP contribution >= 0.6 is 0 Å². The van der Waals surface area contributed by atoms with Gasteiger partial charge < -0.3 is 5.10 Å². The van der Waals surface area contributed by atoms with Crippen molar-refractivity contribution in [2.45, 2.75) is 0 Å². The Morgan fingerprint density at radius 3 is 3.20 bits per heavy atom. The van der Waals surface area contributed by atoms with E-state index in [9.17, 15) is 0 Å². The van der Waals surface area contributed by atoms with Crippen LogP contribution in [0.15, 0.2) is 24.4 Å². The molecule has 0 amide bonds. The molecule has 0 atom stereocenters. The van der Waals surface area contributed by atoms with Crippen LogP contribution in [0.2, 0.25) is 0 Å². The van der Waals surface area contributed by atoms with Gasteiger partial charge in [-0.05, 0) is 5.52 Å². The summed E-state index contributed by atoms with van der Waals surface area (Å²) in [5.41, 5.74) is 1.06. The molecule has 0 fully saturated rings. The molecule has 1 N–H and O–H groups in total. The third-order valence-electron chi connectivity index (χ3n) is 1.28. The smallest absolute Gasteiger partial charge is 0.00109 e. The minimum Gasteiger partial charge on any atom is -0.303 e. The molecule has 1 radical (unpaired) electrons. The topological polar surface area (TPSA) is 28.7 Å². The summed E-state index contributed by atoms with van der Waals surface area (Å²) in [6.45, 7) is 0. The van der Waals surface area contributed by atoms with Crippen LogP contribution in [0.25, 0.3) is 10.9 Å². The first kappa shape index (κ1) is 7.90. The van der Waals surface area contributed by atoms with Gasteiger partial charge in [0.1, 0.15) is 0 Å². The molecule has 0 bridgehead atoms. The first-order chi connectivity index (χ1) is 4.47. The van der Waals surface area contributed by atoms with E-state index in [2.05, 4.69) is 16.3 Å². The molecule has 2 rings (SSSR count). The van der Waals surface area contributed by atoms with Crippen LogP contribution in [0, 0.1) is 6.07 Å². The quantitative estimate of drug-likeness (QED) is 0.647. The van der Waals surface area contributed by atoms with Crippen molar-refractivity contribution in [1.82, 2.24) is 10.2 Å². The van der Waals surface area contributed by atoms with Gasteiger partial charge in [0.05, 0.1) is 0 Å². The zero-order valence-electron chi connectivity index (χ0n) is 5.33. The fourth-order valence-corrected chi connectivity index (χ4v) is 0.823. The first-order valence-electron chi connectivity index (χ1n) is 2.76. The van der Waals surface area contributed by atoms with Gasteiger partial charge in [-0.2, -0.15) is 23.3 Å². The Morgan fingerprint density at radius 2 is 2.40 bits per heavy atom. The number of hydrogen-bond acceptors (Lipinski definition) is 1. The molecule has 3 heteroatoms. The summed E-state index contributed by atoms with van der Waals surface area (Å²) in [5.74, 6) is 0. The molecular formula is C7H5N2Y-. The third-order valence-corrected chi connectivity index (χ3v) is 1.28. The van der Waals surface area contributed by atoms with E-state index in [1.165, 1.54) is 0 Å². The van der Waals surface area contributed by atoms with E-state index in [0.717, 1.165) is 10.9 Å². The Labute approximate surface area is 83.9 Å². The van der Waals surface area contributed by atoms with E-state index in [0.29, 0.717) is 0 Å². The fourth-order valence-electron chi connectivity index (χ4n) is 0.823. The number of rotatable bonds is 0. The SMILES string of the molecule is [Y].[c-]1ccc2[nH]ncc2c1. The number of aromatic nitrogens is 2. The molecule has 47 valence electrons. The molecule has 0 aliphatic heterocycles. The van der Waals surface area contributed by atoms with E-state index in [-0.39, 0.29) is 32.7 Å². The van der Waals surface area contributed by atoms with Crippen molar-refractivity contribution < 1.29 is 32.7 Å². The Hall–Kier alpha value is -0.206. The van der Waals surface area contributed by atoms with Gasteiger partial charge in [0, 0.05) is 38.9 Å². The van der Waals surface area contributed by atoms with Crippen molar-refractivity contribution in [1.29, 1.82) is 0 Å². The standard InChI is InChI=1S/C7H5N2.Y/c1-2-4-7-6(3-1)5-8-9-7;/h2-5H,(H,8,9);/q-1;. The van der Waals surface area contributed by atoms with Gasteiger partial charge in [-0.25, -0.2) is 0 Å². The van der Waals surface area contributed by atoms with E-state index in [4.69, 9.17) is 0 Å². The Kier molecular flexibility index (Phi) is 2.58. The van der Waals surface area contributed by atoms with Crippen LogP contribution in [0.3, 0.4) is 0 Å². The molecule has 0 unspecified atom stereocenters. The maximum Gasteiger partial charge on any atom is 0.00109 e. The van der Waals surface area contributed by atoms with Gasteiger partial charge in [-0.1, -0.05) is 5.39 Å². The molecule has 0 saturated heterocycles. The molecule has 1 aromatic heterocycles. The summed E-state index contributed by atoms with van der Waals surface area (Å²) in [6, 6.07) is 8.67. The zero-order valence-corrected chi connectivity index (χ0v) is 8.17. The van der Waals surface area contributed by atoms with Crippen LogP contribution in [-0.4, -0.2) is 10.2 Å². The Bertz CT molecular complexity index is 286. The second kappa shape index (κ2) is 3.26. The summed E-state index contributed by atoms with van der Waals surface area (Å²) < 4.78 is 0. The molecule has 2 aromatic rings. The average molecular weight is 206 g/mol. The minimum atomic E-state index is 0. The van der Waals surface area contributed by atoms with Crippen molar-refractivity contribution >= 4 is 10.9 Å². The van der Waals surface area contributed by atoms with E-state index < -0.39 is 0 Å². The zero-order chi connectivity index (χ0) is 6.10. The predicted molar refractivity (Wildman–Crippen MR) is 34.9 cm³/mol. The van der Waals surface area contributed by atoms with Crippen LogP contribution in [-0.2, 0) is 32.7 Å². The van der Waals surface area contributed by atoms with Gasteiger partial charge in [0.25, 0.3) is 0 Å². The molecule has 2 nitrogen and oxygen atoms in total. The van der Waals surface area contributed by atoms with E-state index >= 15 is 0 Å². The van der Waals surface area contributed by atoms with E-state index in [1.807, 2.05) is 18.2 Å². The number of aromatic amines is 1. The van der Waals surface area contributed by atoms with Crippen molar-refractivity contribution in [2.24, 2.45) is 0 Å². The van der Waals surface area contributed by atoms with Crippen molar-refractivity contribution in [3.63, 3.8) is 0 Å². The molecule has 0 saturated carbocycles. The normalized spacial score (nSPS) is 9.20. The summed E-state index contributed by atoms with van der Waals surface area (Å²) >= 11 is 0. The Morgan fingerprint density at radius 1 is 1.50 bits per heavy atom. The first-order valence-corrected chi connectivity index (χ1v) is 2.76. The van der Waals surface area contributed by atoms with Crippen LogP contribution in [0.1, 0.15) is 0 Å². The Balaban J connectivity index is 0.000000500.